The van der Waals surface area contributed by atoms with Crippen molar-refractivity contribution in [3.63, 3.8) is 0 Å². The lowest BCUT2D eigenvalue weighted by Gasteiger charge is -2.44. The Labute approximate surface area is 148 Å². The van der Waals surface area contributed by atoms with E-state index in [1.54, 1.807) is 6.20 Å². The number of carbonyl (C=O) groups excluding carboxylic acids is 1. The molecule has 0 radical (unpaired) electrons. The number of pyridine rings is 1. The van der Waals surface area contributed by atoms with Crippen LogP contribution in [0.5, 0.6) is 5.88 Å². The molecule has 0 saturated carbocycles. The first kappa shape index (κ1) is 16.8. The average molecular weight is 346 g/mol. The summed E-state index contributed by atoms with van der Waals surface area (Å²) in [4.78, 5) is 19.2. The van der Waals surface area contributed by atoms with E-state index in [2.05, 4.69) is 4.98 Å². The number of hydrogen-bond donors (Lipinski definition) is 0. The van der Waals surface area contributed by atoms with Gasteiger partial charge in [0.05, 0.1) is 18.1 Å². The standard InChI is InChI=1S/C19H26N2O4/c22-18(15-5-10-23-11-6-15)21-9-4-16-19(13-21,7-12-24-16)14-25-17-3-1-2-8-20-17/h1-3,8,15-16H,4-7,9-14H2/t16-,19+/m1/s1. The van der Waals surface area contributed by atoms with Crippen molar-refractivity contribution in [2.45, 2.75) is 31.8 Å². The molecular formula is C19H26N2O4. The number of ether oxygens (including phenoxy) is 3. The SMILES string of the molecule is O=C(C1CCOCC1)N1CC[C@H]2OCC[C@@]2(COc2ccccn2)C1. The summed E-state index contributed by atoms with van der Waals surface area (Å²) in [6.45, 7) is 4.20. The van der Waals surface area contributed by atoms with Crippen molar-refractivity contribution in [1.82, 2.24) is 9.88 Å². The molecule has 0 N–H and O–H groups in total. The summed E-state index contributed by atoms with van der Waals surface area (Å²) in [5.74, 6) is 1.03. The predicted molar refractivity (Wildman–Crippen MR) is 91.3 cm³/mol. The van der Waals surface area contributed by atoms with E-state index < -0.39 is 0 Å². The van der Waals surface area contributed by atoms with Crippen LogP contribution in [0.1, 0.15) is 25.7 Å². The van der Waals surface area contributed by atoms with Gasteiger partial charge in [-0.3, -0.25) is 4.79 Å². The van der Waals surface area contributed by atoms with Crippen LogP contribution >= 0.6 is 0 Å². The molecule has 6 nitrogen and oxygen atoms in total. The highest BCUT2D eigenvalue weighted by Gasteiger charge is 2.50. The van der Waals surface area contributed by atoms with Crippen LogP contribution in [0.25, 0.3) is 0 Å². The number of nitrogens with zero attached hydrogens (tertiary/aromatic N) is 2. The lowest BCUT2D eigenvalue weighted by molar-refractivity contribution is -0.145. The van der Waals surface area contributed by atoms with Crippen LogP contribution < -0.4 is 4.74 Å². The van der Waals surface area contributed by atoms with Gasteiger partial charge in [-0.05, 0) is 31.7 Å². The van der Waals surface area contributed by atoms with Crippen LogP contribution in [-0.4, -0.2) is 61.4 Å². The fraction of sp³-hybridized carbons (Fsp3) is 0.684. The second-order valence-corrected chi connectivity index (χ2v) is 7.36. The molecule has 6 heteroatoms. The minimum atomic E-state index is -0.114. The Kier molecular flexibility index (Phi) is 4.90. The Morgan fingerprint density at radius 1 is 1.28 bits per heavy atom. The molecule has 1 aromatic rings. The number of carbonyl (C=O) groups is 1. The minimum Gasteiger partial charge on any atom is -0.477 e. The van der Waals surface area contributed by atoms with Crippen molar-refractivity contribution in [3.8, 4) is 5.88 Å². The molecule has 3 saturated heterocycles. The van der Waals surface area contributed by atoms with Gasteiger partial charge in [0.15, 0.2) is 0 Å². The Bertz CT molecular complexity index is 590. The lowest BCUT2D eigenvalue weighted by atomic mass is 9.77. The monoisotopic (exact) mass is 346 g/mol. The Morgan fingerprint density at radius 2 is 2.16 bits per heavy atom. The third-order valence-electron chi connectivity index (χ3n) is 5.80. The first-order valence-electron chi connectivity index (χ1n) is 9.29. The van der Waals surface area contributed by atoms with Gasteiger partial charge in [0.25, 0.3) is 0 Å². The van der Waals surface area contributed by atoms with Crippen molar-refractivity contribution in [3.05, 3.63) is 24.4 Å². The summed E-state index contributed by atoms with van der Waals surface area (Å²) in [7, 11) is 0. The van der Waals surface area contributed by atoms with Crippen molar-refractivity contribution in [2.24, 2.45) is 11.3 Å². The number of likely N-dealkylation sites (tertiary alicyclic amines) is 1. The van der Waals surface area contributed by atoms with Gasteiger partial charge in [-0.2, -0.15) is 0 Å². The maximum absolute atomic E-state index is 12.9. The Hall–Kier alpha value is -1.66. The molecule has 1 aromatic heterocycles. The molecule has 0 bridgehead atoms. The molecule has 0 spiro atoms. The van der Waals surface area contributed by atoms with Crippen LogP contribution in [0.3, 0.4) is 0 Å². The van der Waals surface area contributed by atoms with Gasteiger partial charge < -0.3 is 19.1 Å². The van der Waals surface area contributed by atoms with Crippen LogP contribution in [0.15, 0.2) is 24.4 Å². The van der Waals surface area contributed by atoms with E-state index in [0.29, 0.717) is 25.7 Å². The summed E-state index contributed by atoms with van der Waals surface area (Å²) < 4.78 is 17.3. The third kappa shape index (κ3) is 3.51. The number of hydrogen-bond acceptors (Lipinski definition) is 5. The highest BCUT2D eigenvalue weighted by Crippen LogP contribution is 2.41. The average Bonchev–Trinajstić information content (AvgIpc) is 3.11. The topological polar surface area (TPSA) is 60.9 Å². The largest absolute Gasteiger partial charge is 0.477 e. The molecule has 25 heavy (non-hydrogen) atoms. The summed E-state index contributed by atoms with van der Waals surface area (Å²) >= 11 is 0. The van der Waals surface area contributed by atoms with Crippen molar-refractivity contribution < 1.29 is 19.0 Å². The number of amides is 1. The fourth-order valence-corrected chi connectivity index (χ4v) is 4.30. The number of aromatic nitrogens is 1. The fourth-order valence-electron chi connectivity index (χ4n) is 4.30. The Balaban J connectivity index is 1.44. The van der Waals surface area contributed by atoms with Crippen LogP contribution in [0.4, 0.5) is 0 Å². The van der Waals surface area contributed by atoms with E-state index in [9.17, 15) is 4.79 Å². The van der Waals surface area contributed by atoms with Crippen LogP contribution in [-0.2, 0) is 14.3 Å². The Morgan fingerprint density at radius 3 is 2.96 bits per heavy atom. The second-order valence-electron chi connectivity index (χ2n) is 7.36. The highest BCUT2D eigenvalue weighted by atomic mass is 16.5. The van der Waals surface area contributed by atoms with E-state index in [1.807, 2.05) is 23.1 Å². The molecule has 0 aliphatic carbocycles. The lowest BCUT2D eigenvalue weighted by Crippen LogP contribution is -2.55. The molecule has 3 aliphatic rings. The molecule has 0 unspecified atom stereocenters. The maximum atomic E-state index is 12.9. The number of piperidine rings is 1. The zero-order valence-corrected chi connectivity index (χ0v) is 14.6. The molecule has 2 atom stereocenters. The van der Waals surface area contributed by atoms with Crippen LogP contribution in [0.2, 0.25) is 0 Å². The van der Waals surface area contributed by atoms with Gasteiger partial charge in [0, 0.05) is 51.1 Å². The number of rotatable bonds is 4. The second kappa shape index (κ2) is 7.30. The van der Waals surface area contributed by atoms with Crippen molar-refractivity contribution in [2.75, 3.05) is 39.5 Å². The number of fused-ring (bicyclic) bond motifs is 1. The molecule has 3 aliphatic heterocycles. The van der Waals surface area contributed by atoms with E-state index in [-0.39, 0.29) is 23.3 Å². The van der Waals surface area contributed by atoms with Gasteiger partial charge >= 0.3 is 0 Å². The van der Waals surface area contributed by atoms with Crippen molar-refractivity contribution in [1.29, 1.82) is 0 Å². The van der Waals surface area contributed by atoms with Gasteiger partial charge in [-0.15, -0.1) is 0 Å². The van der Waals surface area contributed by atoms with Crippen molar-refractivity contribution >= 4 is 5.91 Å². The third-order valence-corrected chi connectivity index (χ3v) is 5.80. The van der Waals surface area contributed by atoms with E-state index in [4.69, 9.17) is 14.2 Å². The van der Waals surface area contributed by atoms with Gasteiger partial charge in [0.1, 0.15) is 0 Å². The normalized spacial score (nSPS) is 30.1. The molecule has 3 fully saturated rings. The molecule has 4 rings (SSSR count). The molecular weight excluding hydrogens is 320 g/mol. The summed E-state index contributed by atoms with van der Waals surface area (Å²) in [6.07, 6.45) is 5.41. The molecule has 4 heterocycles. The summed E-state index contributed by atoms with van der Waals surface area (Å²) in [6, 6.07) is 5.67. The van der Waals surface area contributed by atoms with Crippen LogP contribution in [0, 0.1) is 11.3 Å². The summed E-state index contributed by atoms with van der Waals surface area (Å²) in [5, 5.41) is 0. The minimum absolute atomic E-state index is 0.112. The first-order chi connectivity index (χ1) is 12.3. The van der Waals surface area contributed by atoms with Gasteiger partial charge in [-0.1, -0.05) is 6.07 Å². The van der Waals surface area contributed by atoms with E-state index >= 15 is 0 Å². The zero-order valence-electron chi connectivity index (χ0n) is 14.6. The molecule has 1 amide bonds. The molecule has 136 valence electrons. The van der Waals surface area contributed by atoms with E-state index in [0.717, 1.165) is 45.4 Å². The maximum Gasteiger partial charge on any atom is 0.225 e. The van der Waals surface area contributed by atoms with E-state index in [1.165, 1.54) is 0 Å². The quantitative estimate of drug-likeness (QED) is 0.833. The first-order valence-corrected chi connectivity index (χ1v) is 9.29. The van der Waals surface area contributed by atoms with Gasteiger partial charge in [0.2, 0.25) is 11.8 Å². The smallest absolute Gasteiger partial charge is 0.225 e. The van der Waals surface area contributed by atoms with Gasteiger partial charge in [-0.25, -0.2) is 4.98 Å². The summed E-state index contributed by atoms with van der Waals surface area (Å²) in [5.41, 5.74) is -0.114. The predicted octanol–water partition coefficient (Wildman–Crippen LogP) is 1.89. The molecule has 0 aromatic carbocycles. The highest BCUT2D eigenvalue weighted by molar-refractivity contribution is 5.79. The zero-order chi connectivity index (χ0) is 17.1.